The van der Waals surface area contributed by atoms with E-state index >= 15 is 0 Å². The van der Waals surface area contributed by atoms with E-state index < -0.39 is 0 Å². The Balaban J connectivity index is 1.40. The van der Waals surface area contributed by atoms with E-state index in [0.717, 1.165) is 18.5 Å². The molecule has 0 spiro atoms. The van der Waals surface area contributed by atoms with Gasteiger partial charge in [0, 0.05) is 31.0 Å². The van der Waals surface area contributed by atoms with Gasteiger partial charge in [-0.05, 0) is 31.0 Å². The number of aromatic nitrogens is 2. The second kappa shape index (κ2) is 6.06. The smallest absolute Gasteiger partial charge is 0.266 e. The summed E-state index contributed by atoms with van der Waals surface area (Å²) < 4.78 is 1.55. The molecule has 0 radical (unpaired) electrons. The molecule has 1 amide bonds. The number of nitrogens with zero attached hydrogens (tertiary/aromatic N) is 3. The van der Waals surface area contributed by atoms with Gasteiger partial charge in [0.2, 0.25) is 0 Å². The van der Waals surface area contributed by atoms with Gasteiger partial charge in [-0.3, -0.25) is 9.59 Å². The van der Waals surface area contributed by atoms with Crippen LogP contribution in [0.1, 0.15) is 34.8 Å². The van der Waals surface area contributed by atoms with E-state index in [0.29, 0.717) is 36.1 Å². The first-order valence-corrected chi connectivity index (χ1v) is 8.61. The number of amides is 1. The third kappa shape index (κ3) is 2.96. The van der Waals surface area contributed by atoms with Crippen LogP contribution in [0.5, 0.6) is 0 Å². The molecule has 4 rings (SSSR count). The molecule has 0 unspecified atom stereocenters. The van der Waals surface area contributed by atoms with Crippen LogP contribution in [-0.2, 0) is 6.54 Å². The molecule has 2 aliphatic rings. The molecule has 1 aromatic carbocycles. The van der Waals surface area contributed by atoms with Crippen LogP contribution in [0.2, 0.25) is 5.02 Å². The van der Waals surface area contributed by atoms with Crippen molar-refractivity contribution in [1.82, 2.24) is 14.7 Å². The Bertz CT molecular complexity index is 838. The van der Waals surface area contributed by atoms with E-state index in [-0.39, 0.29) is 17.4 Å². The predicted molar refractivity (Wildman–Crippen MR) is 91.3 cm³/mol. The minimum Gasteiger partial charge on any atom is -0.338 e. The van der Waals surface area contributed by atoms with Gasteiger partial charge in [-0.15, -0.1) is 0 Å². The van der Waals surface area contributed by atoms with Crippen molar-refractivity contribution in [2.24, 2.45) is 5.92 Å². The quantitative estimate of drug-likeness (QED) is 0.857. The maximum absolute atomic E-state index is 12.4. The van der Waals surface area contributed by atoms with Crippen molar-refractivity contribution >= 4 is 17.5 Å². The fourth-order valence-corrected chi connectivity index (χ4v) is 3.31. The van der Waals surface area contributed by atoms with E-state index in [1.54, 1.807) is 27.8 Å². The van der Waals surface area contributed by atoms with E-state index in [4.69, 9.17) is 11.6 Å². The number of carbonyl (C=O) groups excluding carboxylic acids is 1. The molecule has 2 fully saturated rings. The second-order valence-electron chi connectivity index (χ2n) is 6.61. The molecule has 1 saturated carbocycles. The van der Waals surface area contributed by atoms with Crippen molar-refractivity contribution in [2.45, 2.75) is 25.3 Å². The molecule has 0 atom stereocenters. The normalized spacial score (nSPS) is 17.6. The zero-order valence-electron chi connectivity index (χ0n) is 13.2. The van der Waals surface area contributed by atoms with E-state index in [2.05, 4.69) is 5.10 Å². The zero-order chi connectivity index (χ0) is 16.7. The molecule has 0 bridgehead atoms. The summed E-state index contributed by atoms with van der Waals surface area (Å²) >= 11 is 6.08. The van der Waals surface area contributed by atoms with Gasteiger partial charge < -0.3 is 4.90 Å². The topological polar surface area (TPSA) is 55.2 Å². The van der Waals surface area contributed by atoms with Crippen LogP contribution in [0.15, 0.2) is 41.2 Å². The van der Waals surface area contributed by atoms with Gasteiger partial charge in [-0.25, -0.2) is 4.68 Å². The first kappa shape index (κ1) is 15.4. The van der Waals surface area contributed by atoms with Gasteiger partial charge in [0.1, 0.15) is 0 Å². The van der Waals surface area contributed by atoms with E-state index in [9.17, 15) is 9.59 Å². The summed E-state index contributed by atoms with van der Waals surface area (Å²) in [4.78, 5) is 26.2. The number of carbonyl (C=O) groups is 1. The Hall–Kier alpha value is -2.14. The summed E-state index contributed by atoms with van der Waals surface area (Å²) in [6, 6.07) is 10.5. The van der Waals surface area contributed by atoms with Gasteiger partial charge in [-0.2, -0.15) is 5.10 Å². The van der Waals surface area contributed by atoms with Crippen LogP contribution in [0.25, 0.3) is 0 Å². The fourth-order valence-electron chi connectivity index (χ4n) is 3.09. The lowest BCUT2D eigenvalue weighted by molar-refractivity contribution is 0.0458. The lowest BCUT2D eigenvalue weighted by Crippen LogP contribution is -2.52. The Morgan fingerprint density at radius 2 is 1.92 bits per heavy atom. The van der Waals surface area contributed by atoms with Crippen molar-refractivity contribution in [3.63, 3.8) is 0 Å². The van der Waals surface area contributed by atoms with Crippen LogP contribution in [0, 0.1) is 5.92 Å². The van der Waals surface area contributed by atoms with Gasteiger partial charge >= 0.3 is 0 Å². The highest BCUT2D eigenvalue weighted by Gasteiger charge is 2.33. The second-order valence-corrected chi connectivity index (χ2v) is 7.02. The molecule has 1 aliphatic carbocycles. The van der Waals surface area contributed by atoms with Crippen LogP contribution in [0.3, 0.4) is 0 Å². The third-order valence-electron chi connectivity index (χ3n) is 4.66. The number of benzene rings is 1. The summed E-state index contributed by atoms with van der Waals surface area (Å²) in [5, 5.41) is 4.95. The molecule has 1 aromatic heterocycles. The monoisotopic (exact) mass is 343 g/mol. The van der Waals surface area contributed by atoms with E-state index in [1.807, 2.05) is 18.2 Å². The summed E-state index contributed by atoms with van der Waals surface area (Å²) in [5.74, 6) is 0.733. The number of rotatable bonds is 4. The highest BCUT2D eigenvalue weighted by atomic mass is 35.5. The molecule has 1 saturated heterocycles. The highest BCUT2D eigenvalue weighted by Crippen LogP contribution is 2.38. The molecule has 5 nitrogen and oxygen atoms in total. The Morgan fingerprint density at radius 3 is 2.62 bits per heavy atom. The first-order valence-electron chi connectivity index (χ1n) is 8.23. The maximum atomic E-state index is 12.4. The highest BCUT2D eigenvalue weighted by molar-refractivity contribution is 6.33. The SMILES string of the molecule is O=C(c1ccccc1Cl)N1CC(Cn2nc(C3CC3)ccc2=O)C1. The van der Waals surface area contributed by atoms with Crippen LogP contribution < -0.4 is 5.56 Å². The van der Waals surface area contributed by atoms with E-state index in [1.165, 1.54) is 0 Å². The van der Waals surface area contributed by atoms with Gasteiger partial charge in [0.15, 0.2) is 0 Å². The standard InChI is InChI=1S/C18H18ClN3O2/c19-15-4-2-1-3-14(15)18(24)21-9-12(10-21)11-22-17(23)8-7-16(20-22)13-5-6-13/h1-4,7-8,12-13H,5-6,9-11H2. The number of likely N-dealkylation sites (tertiary alicyclic amines) is 1. The minimum atomic E-state index is -0.0738. The number of halogens is 1. The molecule has 2 heterocycles. The van der Waals surface area contributed by atoms with Crippen molar-refractivity contribution in [3.8, 4) is 0 Å². The molecular formula is C18H18ClN3O2. The molecule has 24 heavy (non-hydrogen) atoms. The predicted octanol–water partition coefficient (Wildman–Crippen LogP) is 2.55. The maximum Gasteiger partial charge on any atom is 0.266 e. The molecule has 1 aliphatic heterocycles. The molecule has 124 valence electrons. The van der Waals surface area contributed by atoms with Crippen molar-refractivity contribution in [2.75, 3.05) is 13.1 Å². The fraction of sp³-hybridized carbons (Fsp3) is 0.389. The summed E-state index contributed by atoms with van der Waals surface area (Å²) in [6.45, 7) is 1.82. The van der Waals surface area contributed by atoms with Gasteiger partial charge in [-0.1, -0.05) is 23.7 Å². The van der Waals surface area contributed by atoms with Crippen LogP contribution in [0.4, 0.5) is 0 Å². The minimum absolute atomic E-state index is 0.0520. The molecule has 2 aromatic rings. The number of hydrogen-bond acceptors (Lipinski definition) is 3. The summed E-state index contributed by atoms with van der Waals surface area (Å²) in [5.41, 5.74) is 1.47. The Morgan fingerprint density at radius 1 is 1.17 bits per heavy atom. The van der Waals surface area contributed by atoms with Crippen molar-refractivity contribution in [3.05, 3.63) is 63.0 Å². The lowest BCUT2D eigenvalue weighted by Gasteiger charge is -2.39. The van der Waals surface area contributed by atoms with Crippen LogP contribution >= 0.6 is 11.6 Å². The van der Waals surface area contributed by atoms with Crippen molar-refractivity contribution < 1.29 is 4.79 Å². The molecular weight excluding hydrogens is 326 g/mol. The Labute approximate surface area is 144 Å². The van der Waals surface area contributed by atoms with Crippen LogP contribution in [-0.4, -0.2) is 33.7 Å². The van der Waals surface area contributed by atoms with Gasteiger partial charge in [0.05, 0.1) is 22.8 Å². The summed E-state index contributed by atoms with van der Waals surface area (Å²) in [7, 11) is 0. The zero-order valence-corrected chi connectivity index (χ0v) is 13.9. The van der Waals surface area contributed by atoms with Crippen molar-refractivity contribution in [1.29, 1.82) is 0 Å². The average Bonchev–Trinajstić information content (AvgIpc) is 3.37. The first-order chi connectivity index (χ1) is 11.6. The lowest BCUT2D eigenvalue weighted by atomic mass is 9.99. The number of hydrogen-bond donors (Lipinski definition) is 0. The molecule has 0 N–H and O–H groups in total. The molecule has 6 heteroatoms. The third-order valence-corrected chi connectivity index (χ3v) is 4.99. The average molecular weight is 344 g/mol. The summed E-state index contributed by atoms with van der Waals surface area (Å²) in [6.07, 6.45) is 2.32. The Kier molecular flexibility index (Phi) is 3.88. The van der Waals surface area contributed by atoms with Gasteiger partial charge in [0.25, 0.3) is 11.5 Å². The largest absolute Gasteiger partial charge is 0.338 e.